The van der Waals surface area contributed by atoms with Gasteiger partial charge in [-0.3, -0.25) is 0 Å². The first-order valence-corrected chi connectivity index (χ1v) is 7.16. The molecule has 1 heterocycles. The molecule has 0 aliphatic heterocycles. The fourth-order valence-corrected chi connectivity index (χ4v) is 2.43. The molecule has 0 bridgehead atoms. The van der Waals surface area contributed by atoms with Gasteiger partial charge in [0.1, 0.15) is 0 Å². The Morgan fingerprint density at radius 2 is 1.60 bits per heavy atom. The topological polar surface area (TPSA) is 25.8 Å². The molecule has 0 spiro atoms. The Morgan fingerprint density at radius 1 is 0.800 bits per heavy atom. The second-order valence-corrected chi connectivity index (χ2v) is 4.92. The van der Waals surface area contributed by atoms with Crippen molar-refractivity contribution in [3.05, 3.63) is 59.8 Å². The summed E-state index contributed by atoms with van der Waals surface area (Å²) in [5.74, 6) is 0. The van der Waals surface area contributed by atoms with Gasteiger partial charge < -0.3 is 0 Å². The number of aromatic nitrogens is 2. The predicted octanol–water partition coefficient (Wildman–Crippen LogP) is 4.42. The van der Waals surface area contributed by atoms with Gasteiger partial charge in [-0.2, -0.15) is 0 Å². The lowest BCUT2D eigenvalue weighted by molar-refractivity contribution is 1.03. The van der Waals surface area contributed by atoms with E-state index in [0.29, 0.717) is 0 Å². The van der Waals surface area contributed by atoms with Crippen LogP contribution in [0.3, 0.4) is 0 Å². The number of rotatable bonds is 3. The summed E-state index contributed by atoms with van der Waals surface area (Å²) < 4.78 is 0. The van der Waals surface area contributed by atoms with Crippen molar-refractivity contribution < 1.29 is 0 Å². The molecule has 0 amide bonds. The summed E-state index contributed by atoms with van der Waals surface area (Å²) in [6, 6.07) is 16.7. The monoisotopic (exact) mass is 262 g/mol. The molecule has 2 nitrogen and oxygen atoms in total. The summed E-state index contributed by atoms with van der Waals surface area (Å²) in [6.07, 6.45) is 1.91. The first-order chi connectivity index (χ1) is 9.81. The zero-order chi connectivity index (χ0) is 13.9. The normalized spacial score (nSPS) is 10.9. The van der Waals surface area contributed by atoms with Crippen molar-refractivity contribution in [2.24, 2.45) is 0 Å². The third-order valence-electron chi connectivity index (χ3n) is 3.59. The van der Waals surface area contributed by atoms with Crippen molar-refractivity contribution in [1.82, 2.24) is 9.97 Å². The summed E-state index contributed by atoms with van der Waals surface area (Å²) in [5, 5.41) is 0. The van der Waals surface area contributed by atoms with Crippen molar-refractivity contribution in [1.29, 1.82) is 0 Å². The summed E-state index contributed by atoms with van der Waals surface area (Å²) >= 11 is 0. The van der Waals surface area contributed by atoms with Crippen molar-refractivity contribution in [3.8, 4) is 11.3 Å². The molecule has 0 saturated heterocycles. The van der Waals surface area contributed by atoms with Gasteiger partial charge in [0.15, 0.2) is 0 Å². The van der Waals surface area contributed by atoms with Crippen LogP contribution in [0.2, 0.25) is 0 Å². The number of fused-ring (bicyclic) bond motifs is 1. The van der Waals surface area contributed by atoms with E-state index in [1.165, 1.54) is 5.56 Å². The van der Waals surface area contributed by atoms with E-state index in [9.17, 15) is 0 Å². The number of benzene rings is 2. The second-order valence-electron chi connectivity index (χ2n) is 4.92. The fourth-order valence-electron chi connectivity index (χ4n) is 2.43. The molecule has 0 aliphatic carbocycles. The fraction of sp³-hybridized carbons (Fsp3) is 0.222. The quantitative estimate of drug-likeness (QED) is 0.698. The Hall–Kier alpha value is -2.22. The van der Waals surface area contributed by atoms with Crippen LogP contribution in [0, 0.1) is 0 Å². The highest BCUT2D eigenvalue weighted by Gasteiger charge is 2.09. The number of nitrogens with zero attached hydrogens (tertiary/aromatic N) is 2. The standard InChI is InChI=1S/C18H18N2/c1-3-13-10-11-16-17(12-13)20-18(15(4-2)19-16)14-8-6-5-7-9-14/h5-12H,3-4H2,1-2H3. The van der Waals surface area contributed by atoms with Crippen LogP contribution in [0.15, 0.2) is 48.5 Å². The summed E-state index contributed by atoms with van der Waals surface area (Å²) in [4.78, 5) is 9.65. The first-order valence-electron chi connectivity index (χ1n) is 7.16. The third-order valence-corrected chi connectivity index (χ3v) is 3.59. The van der Waals surface area contributed by atoms with Crippen molar-refractivity contribution >= 4 is 11.0 Å². The molecule has 3 aromatic rings. The number of aryl methyl sites for hydroxylation is 2. The Bertz CT molecular complexity index is 733. The summed E-state index contributed by atoms with van der Waals surface area (Å²) in [6.45, 7) is 4.29. The molecule has 0 radical (unpaired) electrons. The van der Waals surface area contributed by atoms with Crippen molar-refractivity contribution in [3.63, 3.8) is 0 Å². The van der Waals surface area contributed by atoms with Crippen LogP contribution in [0.5, 0.6) is 0 Å². The van der Waals surface area contributed by atoms with Gasteiger partial charge in [0.05, 0.1) is 22.4 Å². The number of hydrogen-bond donors (Lipinski definition) is 0. The molecule has 20 heavy (non-hydrogen) atoms. The number of hydrogen-bond acceptors (Lipinski definition) is 2. The lowest BCUT2D eigenvalue weighted by Crippen LogP contribution is -1.98. The molecule has 0 unspecified atom stereocenters. The van der Waals surface area contributed by atoms with Gasteiger partial charge in [0.2, 0.25) is 0 Å². The molecular formula is C18H18N2. The summed E-state index contributed by atoms with van der Waals surface area (Å²) in [5.41, 5.74) is 6.48. The van der Waals surface area contributed by atoms with E-state index in [2.05, 4.69) is 44.2 Å². The smallest absolute Gasteiger partial charge is 0.0925 e. The zero-order valence-electron chi connectivity index (χ0n) is 11.9. The molecular weight excluding hydrogens is 244 g/mol. The highest BCUT2D eigenvalue weighted by molar-refractivity contribution is 5.79. The molecule has 0 fully saturated rings. The highest BCUT2D eigenvalue weighted by Crippen LogP contribution is 2.24. The van der Waals surface area contributed by atoms with Gasteiger partial charge >= 0.3 is 0 Å². The highest BCUT2D eigenvalue weighted by atomic mass is 14.8. The van der Waals surface area contributed by atoms with Crippen LogP contribution in [0.4, 0.5) is 0 Å². The summed E-state index contributed by atoms with van der Waals surface area (Å²) in [7, 11) is 0. The SMILES string of the molecule is CCc1ccc2nc(CC)c(-c3ccccc3)nc2c1. The van der Waals surface area contributed by atoms with Gasteiger partial charge in [0.25, 0.3) is 0 Å². The first kappa shape index (κ1) is 12.8. The van der Waals surface area contributed by atoms with E-state index in [1.54, 1.807) is 0 Å². The van der Waals surface area contributed by atoms with Crippen molar-refractivity contribution in [2.75, 3.05) is 0 Å². The van der Waals surface area contributed by atoms with Crippen LogP contribution in [0.1, 0.15) is 25.1 Å². The Morgan fingerprint density at radius 3 is 2.30 bits per heavy atom. The third kappa shape index (κ3) is 2.29. The van der Waals surface area contributed by atoms with Crippen LogP contribution < -0.4 is 0 Å². The van der Waals surface area contributed by atoms with Gasteiger partial charge in [-0.15, -0.1) is 0 Å². The van der Waals surface area contributed by atoms with E-state index in [1.807, 2.05) is 18.2 Å². The minimum absolute atomic E-state index is 0.892. The van der Waals surface area contributed by atoms with E-state index >= 15 is 0 Å². The van der Waals surface area contributed by atoms with E-state index in [0.717, 1.165) is 40.8 Å². The molecule has 100 valence electrons. The van der Waals surface area contributed by atoms with Gasteiger partial charge in [-0.1, -0.05) is 50.2 Å². The van der Waals surface area contributed by atoms with Gasteiger partial charge in [-0.25, -0.2) is 9.97 Å². The maximum atomic E-state index is 4.86. The lowest BCUT2D eigenvalue weighted by Gasteiger charge is -2.09. The molecule has 0 N–H and O–H groups in total. The van der Waals surface area contributed by atoms with E-state index in [-0.39, 0.29) is 0 Å². The van der Waals surface area contributed by atoms with E-state index < -0.39 is 0 Å². The molecule has 0 aliphatic rings. The maximum absolute atomic E-state index is 4.86. The molecule has 0 atom stereocenters. The van der Waals surface area contributed by atoms with Crippen LogP contribution in [-0.4, -0.2) is 9.97 Å². The van der Waals surface area contributed by atoms with Crippen LogP contribution in [0.25, 0.3) is 22.3 Å². The molecule has 3 rings (SSSR count). The van der Waals surface area contributed by atoms with Gasteiger partial charge in [0, 0.05) is 5.56 Å². The van der Waals surface area contributed by atoms with Crippen LogP contribution in [-0.2, 0) is 12.8 Å². The molecule has 2 aromatic carbocycles. The Kier molecular flexibility index (Phi) is 3.46. The molecule has 0 saturated carbocycles. The maximum Gasteiger partial charge on any atom is 0.0925 e. The largest absolute Gasteiger partial charge is 0.249 e. The Labute approximate surface area is 119 Å². The molecule has 2 heteroatoms. The average Bonchev–Trinajstić information content (AvgIpc) is 2.53. The Balaban J connectivity index is 2.24. The predicted molar refractivity (Wildman–Crippen MR) is 83.7 cm³/mol. The molecule has 1 aromatic heterocycles. The minimum atomic E-state index is 0.892. The lowest BCUT2D eigenvalue weighted by atomic mass is 10.1. The van der Waals surface area contributed by atoms with Crippen LogP contribution >= 0.6 is 0 Å². The average molecular weight is 262 g/mol. The second kappa shape index (κ2) is 5.41. The van der Waals surface area contributed by atoms with Crippen molar-refractivity contribution in [2.45, 2.75) is 26.7 Å². The minimum Gasteiger partial charge on any atom is -0.249 e. The zero-order valence-corrected chi connectivity index (χ0v) is 11.9. The van der Waals surface area contributed by atoms with E-state index in [4.69, 9.17) is 9.97 Å². The van der Waals surface area contributed by atoms with Gasteiger partial charge in [-0.05, 0) is 30.5 Å².